The summed E-state index contributed by atoms with van der Waals surface area (Å²) >= 11 is 0. The highest BCUT2D eigenvalue weighted by molar-refractivity contribution is 5.81. The van der Waals surface area contributed by atoms with E-state index < -0.39 is 0 Å². The van der Waals surface area contributed by atoms with Crippen molar-refractivity contribution in [1.82, 2.24) is 0 Å². The number of anilines is 6. The summed E-state index contributed by atoms with van der Waals surface area (Å²) < 4.78 is 0. The molecule has 10 aromatic rings. The molecule has 0 heterocycles. The van der Waals surface area contributed by atoms with Gasteiger partial charge in [0.25, 0.3) is 0 Å². The van der Waals surface area contributed by atoms with Crippen LogP contribution in [-0.2, 0) is 0 Å². The lowest BCUT2D eigenvalue weighted by molar-refractivity contribution is 1.27. The summed E-state index contributed by atoms with van der Waals surface area (Å²) in [5, 5.41) is 0. The van der Waals surface area contributed by atoms with Crippen molar-refractivity contribution < 1.29 is 0 Å². The van der Waals surface area contributed by atoms with Gasteiger partial charge in [0.15, 0.2) is 0 Å². The predicted octanol–water partition coefficient (Wildman–Crippen LogP) is 19.2. The molecule has 0 aliphatic carbocycles. The van der Waals surface area contributed by atoms with Crippen molar-refractivity contribution in [2.45, 2.75) is 27.7 Å². The van der Waals surface area contributed by atoms with E-state index in [1.165, 1.54) is 55.6 Å². The number of benzene rings is 10. The molecule has 0 N–H and O–H groups in total. The van der Waals surface area contributed by atoms with Crippen molar-refractivity contribution in [3.05, 3.63) is 299 Å². The summed E-state index contributed by atoms with van der Waals surface area (Å²) in [7, 11) is 0. The maximum absolute atomic E-state index is 2.31. The van der Waals surface area contributed by atoms with Gasteiger partial charge in [0.05, 0.1) is 0 Å². The molecule has 0 amide bonds. The highest BCUT2D eigenvalue weighted by Crippen LogP contribution is 2.37. The number of rotatable bonds is 12. The molecule has 0 atom stereocenters. The molecule has 2 nitrogen and oxygen atoms in total. The standard InChI is InChI=1S/C56H48N2.C12H10/c1-41-5-29-51(30-6-41)57(52-31-7-42(2)8-32-52)55-37-21-47(22-38-55)15-13-45-17-25-49(26-18-45)50-27-19-46(20-28-50)14-16-48-23-39-56(40-24-48)58(53-33-9-43(3)10-34-53)54-35-11-44(4)12-36-54;1-3-7-11(8-4-1)12-9-5-2-6-10-12/h5-40H,1-4H3;1-10H. The molecule has 0 fully saturated rings. The molecular weight excluding hydrogens is 845 g/mol. The van der Waals surface area contributed by atoms with Gasteiger partial charge in [-0.25, -0.2) is 0 Å². The SMILES string of the molecule is Cc1ccc(N(c2ccc(C)cc2)c2ccc(C=Cc3ccc(-c4ccc(C=Cc5ccc(N(c6ccc(C)cc6)c6ccc(C)cc6)cc5)cc4)cc3)cc2)cc1.c1ccc(-c2ccccc2)cc1. The first-order valence-corrected chi connectivity index (χ1v) is 24.1. The summed E-state index contributed by atoms with van der Waals surface area (Å²) in [6, 6.07) is 90.7. The van der Waals surface area contributed by atoms with E-state index in [9.17, 15) is 0 Å². The van der Waals surface area contributed by atoms with E-state index in [2.05, 4.69) is 304 Å². The second-order valence-corrected chi connectivity index (χ2v) is 17.8. The Balaban J connectivity index is 0.000000440. The van der Waals surface area contributed by atoms with Gasteiger partial charge in [0, 0.05) is 34.1 Å². The molecule has 0 saturated heterocycles. The van der Waals surface area contributed by atoms with Crippen molar-refractivity contribution in [3.63, 3.8) is 0 Å². The Morgan fingerprint density at radius 3 is 0.614 bits per heavy atom. The van der Waals surface area contributed by atoms with Crippen LogP contribution in [0.5, 0.6) is 0 Å². The number of hydrogen-bond acceptors (Lipinski definition) is 2. The monoisotopic (exact) mass is 902 g/mol. The van der Waals surface area contributed by atoms with Crippen LogP contribution in [0.25, 0.3) is 46.6 Å². The van der Waals surface area contributed by atoms with Gasteiger partial charge in [-0.3, -0.25) is 0 Å². The predicted molar refractivity (Wildman–Crippen MR) is 303 cm³/mol. The number of nitrogens with zero attached hydrogens (tertiary/aromatic N) is 2. The summed E-state index contributed by atoms with van der Waals surface area (Å²) in [4.78, 5) is 4.61. The van der Waals surface area contributed by atoms with Crippen LogP contribution in [0.15, 0.2) is 255 Å². The van der Waals surface area contributed by atoms with Gasteiger partial charge in [0.1, 0.15) is 0 Å². The normalized spacial score (nSPS) is 11.0. The molecule has 0 unspecified atom stereocenters. The van der Waals surface area contributed by atoms with E-state index in [0.29, 0.717) is 0 Å². The van der Waals surface area contributed by atoms with Crippen LogP contribution in [0.4, 0.5) is 34.1 Å². The minimum Gasteiger partial charge on any atom is -0.311 e. The van der Waals surface area contributed by atoms with E-state index >= 15 is 0 Å². The summed E-state index contributed by atoms with van der Waals surface area (Å²) in [6.07, 6.45) is 8.72. The zero-order valence-corrected chi connectivity index (χ0v) is 40.5. The van der Waals surface area contributed by atoms with Crippen LogP contribution in [0.2, 0.25) is 0 Å². The Morgan fingerprint density at radius 1 is 0.200 bits per heavy atom. The highest BCUT2D eigenvalue weighted by atomic mass is 15.1. The van der Waals surface area contributed by atoms with Gasteiger partial charge in [-0.15, -0.1) is 0 Å². The third-order valence-electron chi connectivity index (χ3n) is 12.4. The van der Waals surface area contributed by atoms with E-state index in [1.54, 1.807) is 0 Å². The topological polar surface area (TPSA) is 6.48 Å². The third kappa shape index (κ3) is 12.0. The lowest BCUT2D eigenvalue weighted by Gasteiger charge is -2.25. The van der Waals surface area contributed by atoms with Crippen LogP contribution in [0.1, 0.15) is 44.5 Å². The first kappa shape index (κ1) is 46.4. The van der Waals surface area contributed by atoms with Crippen molar-refractivity contribution >= 4 is 58.4 Å². The lowest BCUT2D eigenvalue weighted by atomic mass is 10.0. The fourth-order valence-electron chi connectivity index (χ4n) is 8.36. The summed E-state index contributed by atoms with van der Waals surface area (Å²) in [5.41, 5.74) is 21.4. The Morgan fingerprint density at radius 2 is 0.386 bits per heavy atom. The molecule has 0 aliphatic heterocycles. The fraction of sp³-hybridized carbons (Fsp3) is 0.0588. The highest BCUT2D eigenvalue weighted by Gasteiger charge is 2.14. The first-order chi connectivity index (χ1) is 34.3. The van der Waals surface area contributed by atoms with E-state index in [0.717, 1.165) is 45.3 Å². The Hall–Kier alpha value is -8.72. The average Bonchev–Trinajstić information content (AvgIpc) is 3.41. The van der Waals surface area contributed by atoms with Gasteiger partial charge in [-0.2, -0.15) is 0 Å². The fourth-order valence-corrected chi connectivity index (χ4v) is 8.36. The van der Waals surface area contributed by atoms with E-state index in [1.807, 2.05) is 12.1 Å². The third-order valence-corrected chi connectivity index (χ3v) is 12.4. The van der Waals surface area contributed by atoms with Crippen molar-refractivity contribution in [1.29, 1.82) is 0 Å². The minimum absolute atomic E-state index is 1.13. The molecule has 0 saturated carbocycles. The minimum atomic E-state index is 1.13. The van der Waals surface area contributed by atoms with Gasteiger partial charge in [-0.05, 0) is 145 Å². The average molecular weight is 903 g/mol. The van der Waals surface area contributed by atoms with Crippen molar-refractivity contribution in [2.24, 2.45) is 0 Å². The Labute approximate surface area is 415 Å². The molecule has 0 bridgehead atoms. The maximum atomic E-state index is 2.31. The Kier molecular flexibility index (Phi) is 14.8. The molecule has 2 heteroatoms. The van der Waals surface area contributed by atoms with Gasteiger partial charge >= 0.3 is 0 Å². The second-order valence-electron chi connectivity index (χ2n) is 17.8. The molecule has 340 valence electrons. The van der Waals surface area contributed by atoms with E-state index in [4.69, 9.17) is 0 Å². The first-order valence-electron chi connectivity index (χ1n) is 24.1. The number of hydrogen-bond donors (Lipinski definition) is 0. The molecule has 70 heavy (non-hydrogen) atoms. The maximum Gasteiger partial charge on any atom is 0.0462 e. The second kappa shape index (κ2) is 22.4. The Bertz CT molecular complexity index is 2920. The van der Waals surface area contributed by atoms with Crippen LogP contribution < -0.4 is 9.80 Å². The molecule has 0 spiro atoms. The van der Waals surface area contributed by atoms with Gasteiger partial charge in [-0.1, -0.05) is 229 Å². The molecule has 0 aliphatic rings. The lowest BCUT2D eigenvalue weighted by Crippen LogP contribution is -2.09. The quantitative estimate of drug-likeness (QED) is 0.113. The van der Waals surface area contributed by atoms with Crippen LogP contribution in [0.3, 0.4) is 0 Å². The van der Waals surface area contributed by atoms with Crippen LogP contribution in [-0.4, -0.2) is 0 Å². The molecule has 10 rings (SSSR count). The molecule has 0 aromatic heterocycles. The van der Waals surface area contributed by atoms with E-state index in [-0.39, 0.29) is 0 Å². The molecule has 10 aromatic carbocycles. The molecular formula is C68H58N2. The summed E-state index contributed by atoms with van der Waals surface area (Å²) in [6.45, 7) is 8.50. The largest absolute Gasteiger partial charge is 0.311 e. The summed E-state index contributed by atoms with van der Waals surface area (Å²) in [5.74, 6) is 0. The van der Waals surface area contributed by atoms with Crippen LogP contribution in [0, 0.1) is 27.7 Å². The zero-order valence-electron chi connectivity index (χ0n) is 40.5. The zero-order chi connectivity index (χ0) is 48.1. The smallest absolute Gasteiger partial charge is 0.0462 e. The van der Waals surface area contributed by atoms with Gasteiger partial charge in [0.2, 0.25) is 0 Å². The number of aryl methyl sites for hydroxylation is 4. The van der Waals surface area contributed by atoms with Crippen LogP contribution >= 0.6 is 0 Å². The van der Waals surface area contributed by atoms with Crippen molar-refractivity contribution in [2.75, 3.05) is 9.80 Å². The van der Waals surface area contributed by atoms with Crippen molar-refractivity contribution in [3.8, 4) is 22.3 Å². The van der Waals surface area contributed by atoms with Gasteiger partial charge < -0.3 is 9.80 Å². The molecule has 0 radical (unpaired) electrons.